The summed E-state index contributed by atoms with van der Waals surface area (Å²) in [6, 6.07) is 7.41. The first-order chi connectivity index (χ1) is 15.8. The number of aryl methyl sites for hydroxylation is 1. The predicted octanol–water partition coefficient (Wildman–Crippen LogP) is 4.63. The molecule has 0 spiro atoms. The van der Waals surface area contributed by atoms with Crippen LogP contribution in [-0.2, 0) is 12.8 Å². The van der Waals surface area contributed by atoms with Crippen LogP contribution in [0.4, 0.5) is 8.78 Å². The highest BCUT2D eigenvalue weighted by molar-refractivity contribution is 5.95. The second-order valence-electron chi connectivity index (χ2n) is 9.84. The monoisotopic (exact) mass is 453 g/mol. The van der Waals surface area contributed by atoms with Gasteiger partial charge in [0.15, 0.2) is 11.6 Å². The normalized spacial score (nSPS) is 19.7. The van der Waals surface area contributed by atoms with E-state index >= 15 is 0 Å². The van der Waals surface area contributed by atoms with Crippen molar-refractivity contribution in [3.63, 3.8) is 0 Å². The van der Waals surface area contributed by atoms with Gasteiger partial charge in [-0.15, -0.1) is 0 Å². The molecule has 174 valence electrons. The highest BCUT2D eigenvalue weighted by Gasteiger charge is 2.36. The Morgan fingerprint density at radius 1 is 1.27 bits per heavy atom. The van der Waals surface area contributed by atoms with Gasteiger partial charge in [0.05, 0.1) is 0 Å². The number of primary amides is 1. The van der Waals surface area contributed by atoms with Crippen molar-refractivity contribution in [3.05, 3.63) is 64.9 Å². The zero-order valence-electron chi connectivity index (χ0n) is 18.7. The summed E-state index contributed by atoms with van der Waals surface area (Å²) in [5.74, 6) is -0.464. The number of aromatic nitrogens is 1. The van der Waals surface area contributed by atoms with Crippen molar-refractivity contribution >= 4 is 16.8 Å². The minimum atomic E-state index is -0.581. The molecular weight excluding hydrogens is 424 g/mol. The van der Waals surface area contributed by atoms with Gasteiger partial charge in [-0.2, -0.15) is 0 Å². The second kappa shape index (κ2) is 8.45. The van der Waals surface area contributed by atoms with Gasteiger partial charge in [0.1, 0.15) is 12.4 Å². The average molecular weight is 454 g/mol. The van der Waals surface area contributed by atoms with Crippen molar-refractivity contribution in [1.82, 2.24) is 10.3 Å². The molecule has 2 atom stereocenters. The summed E-state index contributed by atoms with van der Waals surface area (Å²) >= 11 is 0. The van der Waals surface area contributed by atoms with E-state index in [1.165, 1.54) is 31.0 Å². The number of hydrogen-bond acceptors (Lipinski definition) is 3. The van der Waals surface area contributed by atoms with Crippen LogP contribution in [0.3, 0.4) is 0 Å². The molecule has 0 radical (unpaired) electrons. The van der Waals surface area contributed by atoms with Crippen LogP contribution in [0.25, 0.3) is 10.9 Å². The Labute approximate surface area is 191 Å². The number of ether oxygens (including phenoxy) is 1. The fraction of sp³-hybridized carbons (Fsp3) is 0.423. The van der Waals surface area contributed by atoms with Crippen LogP contribution in [0.5, 0.6) is 5.75 Å². The smallest absolute Gasteiger partial charge is 0.249 e. The van der Waals surface area contributed by atoms with Gasteiger partial charge in [0, 0.05) is 39.8 Å². The van der Waals surface area contributed by atoms with Crippen molar-refractivity contribution in [3.8, 4) is 5.75 Å². The molecule has 3 aromatic rings. The van der Waals surface area contributed by atoms with Crippen LogP contribution in [0.15, 0.2) is 36.5 Å². The maximum Gasteiger partial charge on any atom is 0.249 e. The first-order valence-electron chi connectivity index (χ1n) is 11.6. The Balaban J connectivity index is 1.34. The van der Waals surface area contributed by atoms with E-state index in [1.54, 1.807) is 12.1 Å². The number of carbonyl (C=O) groups is 1. The van der Waals surface area contributed by atoms with E-state index in [1.807, 2.05) is 6.20 Å². The quantitative estimate of drug-likeness (QED) is 0.465. The van der Waals surface area contributed by atoms with Gasteiger partial charge in [0.2, 0.25) is 5.91 Å². The standard InChI is InChI=1S/C26H29F2N3O2/c1-26(12-15-2-3-15,9-8-16-13-30-23-7-4-17(27)10-20(16)23)31-18-11-21-19(25(29)32)5-6-22(28)24(21)33-14-18/h4-7,10,13,15,18,30-31H,2-3,8-9,11-12,14H2,1H3,(H2,29,32). The zero-order chi connectivity index (χ0) is 23.2. The maximum absolute atomic E-state index is 14.3. The molecule has 5 nitrogen and oxygen atoms in total. The summed E-state index contributed by atoms with van der Waals surface area (Å²) < 4.78 is 33.8. The van der Waals surface area contributed by atoms with Crippen molar-refractivity contribution in [2.45, 2.75) is 57.0 Å². The molecule has 2 aromatic carbocycles. The number of hydrogen-bond donors (Lipinski definition) is 3. The molecule has 1 aliphatic carbocycles. The highest BCUT2D eigenvalue weighted by Crippen LogP contribution is 2.39. The van der Waals surface area contributed by atoms with Gasteiger partial charge < -0.3 is 20.8 Å². The largest absolute Gasteiger partial charge is 0.489 e. The minimum absolute atomic E-state index is 0.0680. The molecule has 0 bridgehead atoms. The summed E-state index contributed by atoms with van der Waals surface area (Å²) in [6.45, 7) is 2.54. The number of carbonyl (C=O) groups excluding carboxylic acids is 1. The Bertz CT molecular complexity index is 1200. The predicted molar refractivity (Wildman–Crippen MR) is 123 cm³/mol. The SMILES string of the molecule is CC(CCc1c[nH]c2ccc(F)cc12)(CC1CC1)NC1COc2c(F)ccc(C(N)=O)c2C1. The van der Waals surface area contributed by atoms with Crippen LogP contribution in [0, 0.1) is 17.6 Å². The molecule has 0 saturated heterocycles. The molecule has 1 aromatic heterocycles. The first kappa shape index (κ1) is 21.9. The number of fused-ring (bicyclic) bond motifs is 2. The Hall–Kier alpha value is -2.93. The van der Waals surface area contributed by atoms with Crippen LogP contribution in [0.1, 0.15) is 54.1 Å². The minimum Gasteiger partial charge on any atom is -0.489 e. The number of H-pyrrole nitrogens is 1. The number of aromatic amines is 1. The molecule has 2 aliphatic rings. The van der Waals surface area contributed by atoms with Crippen LogP contribution >= 0.6 is 0 Å². The van der Waals surface area contributed by atoms with Gasteiger partial charge >= 0.3 is 0 Å². The van der Waals surface area contributed by atoms with E-state index in [0.717, 1.165) is 35.7 Å². The van der Waals surface area contributed by atoms with Gasteiger partial charge in [-0.1, -0.05) is 12.8 Å². The molecule has 2 heterocycles. The summed E-state index contributed by atoms with van der Waals surface area (Å²) in [7, 11) is 0. The van der Waals surface area contributed by atoms with E-state index in [4.69, 9.17) is 10.5 Å². The summed E-state index contributed by atoms with van der Waals surface area (Å²) in [4.78, 5) is 15.1. The number of halogens is 2. The Morgan fingerprint density at radius 2 is 2.09 bits per heavy atom. The fourth-order valence-electron chi connectivity index (χ4n) is 5.22. The number of amides is 1. The molecule has 1 saturated carbocycles. The Kier molecular flexibility index (Phi) is 5.60. The third-order valence-electron chi connectivity index (χ3n) is 7.02. The lowest BCUT2D eigenvalue weighted by molar-refractivity contribution is 0.0996. The molecule has 5 rings (SSSR count). The number of nitrogens with two attached hydrogens (primary N) is 1. The molecule has 4 N–H and O–H groups in total. The first-order valence-corrected chi connectivity index (χ1v) is 11.6. The molecule has 33 heavy (non-hydrogen) atoms. The summed E-state index contributed by atoms with van der Waals surface area (Å²) in [5.41, 5.74) is 8.22. The second-order valence-corrected chi connectivity index (χ2v) is 9.84. The lowest BCUT2D eigenvalue weighted by atomic mass is 9.85. The van der Waals surface area contributed by atoms with Crippen LogP contribution in [-0.4, -0.2) is 29.1 Å². The van der Waals surface area contributed by atoms with E-state index in [-0.39, 0.29) is 23.1 Å². The number of rotatable bonds is 8. The molecule has 1 aliphatic heterocycles. The summed E-state index contributed by atoms with van der Waals surface area (Å²) in [6.07, 6.45) is 7.59. The van der Waals surface area contributed by atoms with E-state index in [2.05, 4.69) is 17.2 Å². The van der Waals surface area contributed by atoms with Gasteiger partial charge in [-0.05, 0) is 74.4 Å². The Morgan fingerprint density at radius 3 is 2.85 bits per heavy atom. The molecule has 1 fully saturated rings. The third-order valence-corrected chi connectivity index (χ3v) is 7.02. The van der Waals surface area contributed by atoms with Gasteiger partial charge in [0.25, 0.3) is 0 Å². The highest BCUT2D eigenvalue weighted by atomic mass is 19.1. The maximum atomic E-state index is 14.3. The molecule has 1 amide bonds. The number of benzene rings is 2. The van der Waals surface area contributed by atoms with Crippen molar-refractivity contribution < 1.29 is 18.3 Å². The fourth-order valence-corrected chi connectivity index (χ4v) is 5.22. The summed E-state index contributed by atoms with van der Waals surface area (Å²) in [5, 5.41) is 4.69. The molecule has 7 heteroatoms. The zero-order valence-corrected chi connectivity index (χ0v) is 18.7. The van der Waals surface area contributed by atoms with E-state index < -0.39 is 11.7 Å². The lowest BCUT2D eigenvalue weighted by Crippen LogP contribution is -2.53. The average Bonchev–Trinajstić information content (AvgIpc) is 3.49. The molecule has 2 unspecified atom stereocenters. The van der Waals surface area contributed by atoms with E-state index in [0.29, 0.717) is 30.1 Å². The van der Waals surface area contributed by atoms with Crippen molar-refractivity contribution in [2.24, 2.45) is 11.7 Å². The number of nitrogens with one attached hydrogen (secondary N) is 2. The molecular formula is C26H29F2N3O2. The van der Waals surface area contributed by atoms with Crippen molar-refractivity contribution in [2.75, 3.05) is 6.61 Å². The lowest BCUT2D eigenvalue weighted by Gasteiger charge is -2.38. The van der Waals surface area contributed by atoms with Gasteiger partial charge in [-0.25, -0.2) is 8.78 Å². The van der Waals surface area contributed by atoms with Crippen LogP contribution < -0.4 is 15.8 Å². The van der Waals surface area contributed by atoms with Crippen molar-refractivity contribution in [1.29, 1.82) is 0 Å². The topological polar surface area (TPSA) is 80.1 Å². The third kappa shape index (κ3) is 4.60. The van der Waals surface area contributed by atoms with Crippen LogP contribution in [0.2, 0.25) is 0 Å². The van der Waals surface area contributed by atoms with Gasteiger partial charge in [-0.3, -0.25) is 4.79 Å². The van der Waals surface area contributed by atoms with E-state index in [9.17, 15) is 13.6 Å².